The highest BCUT2D eigenvalue weighted by atomic mass is 35.5. The number of hydrogen-bond donors (Lipinski definition) is 1. The zero-order chi connectivity index (χ0) is 24.2. The molecule has 1 saturated heterocycles. The standard InChI is InChI=1S/C26H21ClN2O5/c1-2-34-26(33)18-7-5-16(6-8-18)15-29-22(19-4-3-13-28-14-19)21(24(31)25(29)32)23(30)17-9-11-20(27)12-10-17/h3-14,22,30H,2,15H2,1H3/b23-21+. The summed E-state index contributed by atoms with van der Waals surface area (Å²) in [5, 5.41) is 11.5. The van der Waals surface area contributed by atoms with Gasteiger partial charge in [-0.15, -0.1) is 0 Å². The van der Waals surface area contributed by atoms with Crippen molar-refractivity contribution in [3.63, 3.8) is 0 Å². The van der Waals surface area contributed by atoms with Crippen LogP contribution < -0.4 is 0 Å². The Morgan fingerprint density at radius 1 is 1.06 bits per heavy atom. The van der Waals surface area contributed by atoms with E-state index in [4.69, 9.17) is 16.3 Å². The van der Waals surface area contributed by atoms with Crippen molar-refractivity contribution in [1.82, 2.24) is 9.88 Å². The second kappa shape index (κ2) is 9.89. The molecule has 1 aliphatic heterocycles. The molecule has 0 saturated carbocycles. The Kier molecular flexibility index (Phi) is 6.75. The highest BCUT2D eigenvalue weighted by Gasteiger charge is 2.46. The van der Waals surface area contributed by atoms with Crippen LogP contribution in [0.1, 0.15) is 40.0 Å². The van der Waals surface area contributed by atoms with E-state index in [0.717, 1.165) is 0 Å². The minimum atomic E-state index is -0.839. The molecule has 0 radical (unpaired) electrons. The van der Waals surface area contributed by atoms with Crippen LogP contribution in [0.5, 0.6) is 0 Å². The smallest absolute Gasteiger partial charge is 0.338 e. The minimum Gasteiger partial charge on any atom is -0.507 e. The maximum absolute atomic E-state index is 13.1. The molecule has 0 bridgehead atoms. The zero-order valence-corrected chi connectivity index (χ0v) is 19.0. The second-order valence-corrected chi connectivity index (χ2v) is 8.07. The summed E-state index contributed by atoms with van der Waals surface area (Å²) in [5.74, 6) is -2.25. The number of benzene rings is 2. The van der Waals surface area contributed by atoms with Crippen molar-refractivity contribution < 1.29 is 24.2 Å². The Labute approximate surface area is 201 Å². The molecule has 172 valence electrons. The lowest BCUT2D eigenvalue weighted by Crippen LogP contribution is -2.29. The number of ether oxygens (including phenoxy) is 1. The van der Waals surface area contributed by atoms with E-state index in [2.05, 4.69) is 4.98 Å². The summed E-state index contributed by atoms with van der Waals surface area (Å²) in [6.07, 6.45) is 3.14. The highest BCUT2D eigenvalue weighted by Crippen LogP contribution is 2.40. The molecular weight excluding hydrogens is 456 g/mol. The minimum absolute atomic E-state index is 0.0246. The number of aromatic nitrogens is 1. The third-order valence-electron chi connectivity index (χ3n) is 5.48. The number of likely N-dealkylation sites (tertiary alicyclic amines) is 1. The number of carbonyl (C=O) groups excluding carboxylic acids is 3. The van der Waals surface area contributed by atoms with E-state index in [0.29, 0.717) is 27.3 Å². The Hall–Kier alpha value is -3.97. The van der Waals surface area contributed by atoms with Gasteiger partial charge in [0.1, 0.15) is 5.76 Å². The predicted molar refractivity (Wildman–Crippen MR) is 126 cm³/mol. The van der Waals surface area contributed by atoms with E-state index in [-0.39, 0.29) is 24.5 Å². The van der Waals surface area contributed by atoms with Crippen molar-refractivity contribution in [3.05, 3.63) is 106 Å². The van der Waals surface area contributed by atoms with Crippen molar-refractivity contribution in [1.29, 1.82) is 0 Å². The van der Waals surface area contributed by atoms with Gasteiger partial charge in [-0.3, -0.25) is 14.6 Å². The molecule has 1 aromatic heterocycles. The average molecular weight is 477 g/mol. The van der Waals surface area contributed by atoms with Gasteiger partial charge in [0.05, 0.1) is 23.8 Å². The Morgan fingerprint density at radius 2 is 1.74 bits per heavy atom. The summed E-state index contributed by atoms with van der Waals surface area (Å²) in [6.45, 7) is 2.08. The third-order valence-corrected chi connectivity index (χ3v) is 5.73. The molecule has 7 nitrogen and oxygen atoms in total. The number of pyridine rings is 1. The fourth-order valence-corrected chi connectivity index (χ4v) is 3.97. The summed E-state index contributed by atoms with van der Waals surface area (Å²) in [7, 11) is 0. The van der Waals surface area contributed by atoms with Crippen LogP contribution in [0.15, 0.2) is 78.6 Å². The van der Waals surface area contributed by atoms with Gasteiger partial charge in [-0.2, -0.15) is 0 Å². The summed E-state index contributed by atoms with van der Waals surface area (Å²) < 4.78 is 5.00. The lowest BCUT2D eigenvalue weighted by atomic mass is 9.96. The number of aliphatic hydroxyl groups excluding tert-OH is 1. The fraction of sp³-hybridized carbons (Fsp3) is 0.154. The van der Waals surface area contributed by atoms with Crippen LogP contribution in [0.2, 0.25) is 5.02 Å². The van der Waals surface area contributed by atoms with Crippen LogP contribution in [0.3, 0.4) is 0 Å². The number of esters is 1. The SMILES string of the molecule is CCOC(=O)c1ccc(CN2C(=O)C(=O)/C(=C(/O)c3ccc(Cl)cc3)C2c2cccnc2)cc1. The molecule has 1 N–H and O–H groups in total. The van der Waals surface area contributed by atoms with E-state index >= 15 is 0 Å². The van der Waals surface area contributed by atoms with Crippen LogP contribution in [0, 0.1) is 0 Å². The third kappa shape index (κ3) is 4.56. The van der Waals surface area contributed by atoms with Gasteiger partial charge < -0.3 is 14.7 Å². The van der Waals surface area contributed by atoms with Gasteiger partial charge in [0.15, 0.2) is 0 Å². The Morgan fingerprint density at radius 3 is 2.35 bits per heavy atom. The lowest BCUT2D eigenvalue weighted by molar-refractivity contribution is -0.140. The Bertz CT molecular complexity index is 1250. The number of nitrogens with zero attached hydrogens (tertiary/aromatic N) is 2. The number of ketones is 1. The first-order chi connectivity index (χ1) is 16.4. The second-order valence-electron chi connectivity index (χ2n) is 7.64. The molecule has 1 aliphatic rings. The van der Waals surface area contributed by atoms with Gasteiger partial charge in [0, 0.05) is 29.5 Å². The van der Waals surface area contributed by atoms with Gasteiger partial charge >= 0.3 is 5.97 Å². The number of amides is 1. The molecule has 3 aromatic rings. The quantitative estimate of drug-likeness (QED) is 0.243. The van der Waals surface area contributed by atoms with E-state index in [1.165, 1.54) is 4.90 Å². The molecule has 0 spiro atoms. The average Bonchev–Trinajstić information content (AvgIpc) is 3.10. The van der Waals surface area contributed by atoms with Gasteiger partial charge in [-0.1, -0.05) is 29.8 Å². The number of hydrogen-bond acceptors (Lipinski definition) is 6. The monoisotopic (exact) mass is 476 g/mol. The molecule has 1 unspecified atom stereocenters. The number of carbonyl (C=O) groups is 3. The number of aliphatic hydroxyl groups is 1. The molecule has 8 heteroatoms. The van der Waals surface area contributed by atoms with Crippen molar-refractivity contribution in [3.8, 4) is 0 Å². The van der Waals surface area contributed by atoms with E-state index in [9.17, 15) is 19.5 Å². The molecule has 0 aliphatic carbocycles. The van der Waals surface area contributed by atoms with Crippen LogP contribution >= 0.6 is 11.6 Å². The van der Waals surface area contributed by atoms with Crippen LogP contribution in [-0.2, 0) is 20.9 Å². The Balaban J connectivity index is 1.74. The van der Waals surface area contributed by atoms with E-state index in [1.54, 1.807) is 80.0 Å². The van der Waals surface area contributed by atoms with Crippen LogP contribution in [0.25, 0.3) is 5.76 Å². The summed E-state index contributed by atoms with van der Waals surface area (Å²) >= 11 is 5.95. The summed E-state index contributed by atoms with van der Waals surface area (Å²) in [5.41, 5.74) is 2.02. The fourth-order valence-electron chi connectivity index (χ4n) is 3.85. The number of rotatable bonds is 6. The maximum Gasteiger partial charge on any atom is 0.338 e. The van der Waals surface area contributed by atoms with Crippen LogP contribution in [0.4, 0.5) is 0 Å². The largest absolute Gasteiger partial charge is 0.507 e. The first-order valence-electron chi connectivity index (χ1n) is 10.6. The molecule has 2 heterocycles. The normalized spacial score (nSPS) is 17.1. The summed E-state index contributed by atoms with van der Waals surface area (Å²) in [4.78, 5) is 43.6. The summed E-state index contributed by atoms with van der Waals surface area (Å²) in [6, 6.07) is 15.6. The van der Waals surface area contributed by atoms with Crippen molar-refractivity contribution in [2.24, 2.45) is 0 Å². The first-order valence-corrected chi connectivity index (χ1v) is 11.0. The van der Waals surface area contributed by atoms with Gasteiger partial charge in [-0.05, 0) is 60.5 Å². The molecule has 34 heavy (non-hydrogen) atoms. The maximum atomic E-state index is 13.1. The topological polar surface area (TPSA) is 96.8 Å². The van der Waals surface area contributed by atoms with Crippen molar-refractivity contribution in [2.45, 2.75) is 19.5 Å². The van der Waals surface area contributed by atoms with Crippen molar-refractivity contribution >= 4 is 35.0 Å². The highest BCUT2D eigenvalue weighted by molar-refractivity contribution is 6.46. The van der Waals surface area contributed by atoms with Gasteiger partial charge in [0.25, 0.3) is 11.7 Å². The number of halogens is 1. The van der Waals surface area contributed by atoms with Gasteiger partial charge in [-0.25, -0.2) is 4.79 Å². The molecule has 1 fully saturated rings. The molecule has 4 rings (SSSR count). The predicted octanol–water partition coefficient (Wildman–Crippen LogP) is 4.53. The molecule has 1 atom stereocenters. The van der Waals surface area contributed by atoms with Crippen molar-refractivity contribution in [2.75, 3.05) is 6.61 Å². The molecular formula is C26H21ClN2O5. The first kappa shape index (κ1) is 23.2. The molecule has 1 amide bonds. The molecule has 2 aromatic carbocycles. The van der Waals surface area contributed by atoms with E-state index < -0.39 is 23.7 Å². The van der Waals surface area contributed by atoms with Crippen LogP contribution in [-0.4, -0.2) is 39.3 Å². The van der Waals surface area contributed by atoms with E-state index in [1.807, 2.05) is 0 Å². The van der Waals surface area contributed by atoms with Gasteiger partial charge in [0.2, 0.25) is 0 Å². The zero-order valence-electron chi connectivity index (χ0n) is 18.3. The lowest BCUT2D eigenvalue weighted by Gasteiger charge is -2.25. The number of Topliss-reactive ketones (excluding diaryl/α,β-unsaturated/α-hetero) is 1.